The van der Waals surface area contributed by atoms with E-state index in [2.05, 4.69) is 15.2 Å². The van der Waals surface area contributed by atoms with Crippen molar-refractivity contribution < 1.29 is 9.90 Å². The number of azo groups is 1. The number of para-hydroxylation sites is 1. The molecule has 0 aliphatic rings. The fraction of sp³-hybridized carbons (Fsp3) is 0.167. The number of hydrogen-bond donors (Lipinski definition) is 2. The normalized spacial score (nSPS) is 11.4. The van der Waals surface area contributed by atoms with Crippen molar-refractivity contribution in [3.63, 3.8) is 0 Å². The molecule has 0 radical (unpaired) electrons. The van der Waals surface area contributed by atoms with Gasteiger partial charge in [0.05, 0.1) is 5.52 Å². The molecule has 0 atom stereocenters. The minimum Gasteiger partial charge on any atom is -0.493 e. The van der Waals surface area contributed by atoms with Crippen LogP contribution in [-0.2, 0) is 4.79 Å². The third-order valence-electron chi connectivity index (χ3n) is 3.53. The average molecular weight is 339 g/mol. The van der Waals surface area contributed by atoms with Crippen molar-refractivity contribution >= 4 is 34.3 Å². The first-order chi connectivity index (χ1) is 11.6. The van der Waals surface area contributed by atoms with E-state index in [4.69, 9.17) is 0 Å². The summed E-state index contributed by atoms with van der Waals surface area (Å²) in [5, 5.41) is 18.2. The van der Waals surface area contributed by atoms with E-state index in [0.29, 0.717) is 17.9 Å². The maximum Gasteiger partial charge on any atom is 0.265 e. The number of nitrogens with zero attached hydrogens (tertiary/aromatic N) is 2. The number of thioether (sulfide) groups is 1. The van der Waals surface area contributed by atoms with Gasteiger partial charge in [0, 0.05) is 22.5 Å². The largest absolute Gasteiger partial charge is 0.493 e. The zero-order valence-electron chi connectivity index (χ0n) is 13.2. The number of benzene rings is 2. The second-order valence-corrected chi connectivity index (χ2v) is 6.54. The van der Waals surface area contributed by atoms with Crippen LogP contribution in [0.1, 0.15) is 12.0 Å². The Kier molecular flexibility index (Phi) is 4.96. The van der Waals surface area contributed by atoms with Gasteiger partial charge in [0.2, 0.25) is 5.88 Å². The van der Waals surface area contributed by atoms with Gasteiger partial charge in [-0.25, -0.2) is 0 Å². The molecule has 0 fully saturated rings. The molecule has 0 aliphatic heterocycles. The van der Waals surface area contributed by atoms with E-state index in [1.807, 2.05) is 55.5 Å². The highest BCUT2D eigenvalue weighted by molar-refractivity contribution is 7.99. The Morgan fingerprint density at radius 3 is 2.71 bits per heavy atom. The molecule has 24 heavy (non-hydrogen) atoms. The predicted molar refractivity (Wildman–Crippen MR) is 96.0 cm³/mol. The standard InChI is InChI=1S/C18H17N3O2S/c1-12-6-8-13(9-7-12)24-11-10-16(22)20-21-17-14-4-2-3-5-15(14)19-18(17)23/h2-9,19,23H,10-11H2,1H3. The Morgan fingerprint density at radius 1 is 1.17 bits per heavy atom. The van der Waals surface area contributed by atoms with Gasteiger partial charge in [-0.1, -0.05) is 35.9 Å². The molecular formula is C18H17N3O2S. The first kappa shape index (κ1) is 16.3. The molecule has 0 saturated heterocycles. The number of aromatic nitrogens is 1. The number of rotatable bonds is 5. The topological polar surface area (TPSA) is 77.8 Å². The van der Waals surface area contributed by atoms with E-state index in [-0.39, 0.29) is 11.8 Å². The zero-order chi connectivity index (χ0) is 16.9. The molecule has 0 bridgehead atoms. The number of aromatic amines is 1. The van der Waals surface area contributed by atoms with E-state index in [1.54, 1.807) is 11.8 Å². The molecule has 1 amide bonds. The maximum absolute atomic E-state index is 11.9. The van der Waals surface area contributed by atoms with E-state index in [0.717, 1.165) is 15.8 Å². The Labute approximate surface area is 143 Å². The molecule has 3 rings (SSSR count). The lowest BCUT2D eigenvalue weighted by molar-refractivity contribution is -0.117. The number of H-pyrrole nitrogens is 1. The van der Waals surface area contributed by atoms with Crippen LogP contribution in [0.3, 0.4) is 0 Å². The number of carbonyl (C=O) groups is 1. The van der Waals surface area contributed by atoms with Crippen molar-refractivity contribution in [2.45, 2.75) is 18.2 Å². The van der Waals surface area contributed by atoms with Crippen LogP contribution in [0.5, 0.6) is 5.88 Å². The Morgan fingerprint density at radius 2 is 1.92 bits per heavy atom. The summed E-state index contributed by atoms with van der Waals surface area (Å²) >= 11 is 1.61. The second-order valence-electron chi connectivity index (χ2n) is 5.37. The number of nitrogens with one attached hydrogen (secondary N) is 1. The number of amides is 1. The van der Waals surface area contributed by atoms with Gasteiger partial charge in [-0.05, 0) is 25.1 Å². The average Bonchev–Trinajstić information content (AvgIpc) is 2.90. The van der Waals surface area contributed by atoms with Crippen LogP contribution in [0, 0.1) is 6.92 Å². The summed E-state index contributed by atoms with van der Waals surface area (Å²) in [4.78, 5) is 15.8. The second kappa shape index (κ2) is 7.31. The molecule has 1 heterocycles. The van der Waals surface area contributed by atoms with Crippen molar-refractivity contribution in [2.75, 3.05) is 5.75 Å². The van der Waals surface area contributed by atoms with Gasteiger partial charge in [0.15, 0.2) is 5.69 Å². The number of aromatic hydroxyl groups is 1. The van der Waals surface area contributed by atoms with Crippen LogP contribution in [0.2, 0.25) is 0 Å². The van der Waals surface area contributed by atoms with Gasteiger partial charge in [-0.2, -0.15) is 0 Å². The Balaban J connectivity index is 1.58. The van der Waals surface area contributed by atoms with Crippen molar-refractivity contribution in [1.29, 1.82) is 0 Å². The molecule has 2 aromatic carbocycles. The molecule has 6 heteroatoms. The van der Waals surface area contributed by atoms with E-state index >= 15 is 0 Å². The van der Waals surface area contributed by atoms with Crippen LogP contribution in [0.15, 0.2) is 63.7 Å². The molecule has 0 saturated carbocycles. The van der Waals surface area contributed by atoms with Gasteiger partial charge < -0.3 is 10.1 Å². The van der Waals surface area contributed by atoms with Crippen LogP contribution in [-0.4, -0.2) is 21.8 Å². The molecule has 3 aromatic rings. The summed E-state index contributed by atoms with van der Waals surface area (Å²) in [5.41, 5.74) is 2.26. The summed E-state index contributed by atoms with van der Waals surface area (Å²) in [5.74, 6) is 0.252. The van der Waals surface area contributed by atoms with Gasteiger partial charge in [-0.15, -0.1) is 22.0 Å². The number of hydrogen-bond acceptors (Lipinski definition) is 4. The highest BCUT2D eigenvalue weighted by Gasteiger charge is 2.10. The molecule has 0 unspecified atom stereocenters. The van der Waals surface area contributed by atoms with Gasteiger partial charge in [0.25, 0.3) is 5.91 Å². The molecule has 1 aromatic heterocycles. The van der Waals surface area contributed by atoms with Crippen molar-refractivity contribution in [1.82, 2.24) is 4.98 Å². The summed E-state index contributed by atoms with van der Waals surface area (Å²) in [7, 11) is 0. The summed E-state index contributed by atoms with van der Waals surface area (Å²) in [6.07, 6.45) is 0.297. The van der Waals surface area contributed by atoms with Gasteiger partial charge in [0.1, 0.15) is 0 Å². The van der Waals surface area contributed by atoms with Crippen molar-refractivity contribution in [2.24, 2.45) is 10.2 Å². The zero-order valence-corrected chi connectivity index (χ0v) is 14.0. The molecule has 122 valence electrons. The lowest BCUT2D eigenvalue weighted by atomic mass is 10.2. The third kappa shape index (κ3) is 3.83. The highest BCUT2D eigenvalue weighted by atomic mass is 32.2. The first-order valence-corrected chi connectivity index (χ1v) is 8.56. The Hall–Kier alpha value is -2.60. The minimum atomic E-state index is -0.306. The van der Waals surface area contributed by atoms with Crippen LogP contribution in [0.4, 0.5) is 5.69 Å². The summed E-state index contributed by atoms with van der Waals surface area (Å²) in [6, 6.07) is 15.5. The Bertz CT molecular complexity index is 885. The lowest BCUT2D eigenvalue weighted by Crippen LogP contribution is -1.93. The molecule has 0 spiro atoms. The summed E-state index contributed by atoms with van der Waals surface area (Å²) < 4.78 is 0. The number of fused-ring (bicyclic) bond motifs is 1. The molecule has 0 aliphatic carbocycles. The number of aryl methyl sites for hydroxylation is 1. The van der Waals surface area contributed by atoms with E-state index in [9.17, 15) is 9.90 Å². The first-order valence-electron chi connectivity index (χ1n) is 7.57. The molecular weight excluding hydrogens is 322 g/mol. The van der Waals surface area contributed by atoms with E-state index in [1.165, 1.54) is 5.56 Å². The smallest absolute Gasteiger partial charge is 0.265 e. The van der Waals surface area contributed by atoms with Crippen molar-refractivity contribution in [3.05, 3.63) is 54.1 Å². The third-order valence-corrected chi connectivity index (χ3v) is 4.54. The molecule has 2 N–H and O–H groups in total. The highest BCUT2D eigenvalue weighted by Crippen LogP contribution is 2.35. The lowest BCUT2D eigenvalue weighted by Gasteiger charge is -2.00. The minimum absolute atomic E-state index is 0.0817. The van der Waals surface area contributed by atoms with Crippen molar-refractivity contribution in [3.8, 4) is 5.88 Å². The van der Waals surface area contributed by atoms with Gasteiger partial charge >= 0.3 is 0 Å². The van der Waals surface area contributed by atoms with Gasteiger partial charge in [-0.3, -0.25) is 4.79 Å². The van der Waals surface area contributed by atoms with Crippen LogP contribution in [0.25, 0.3) is 10.9 Å². The fourth-order valence-corrected chi connectivity index (χ4v) is 3.10. The summed E-state index contributed by atoms with van der Waals surface area (Å²) in [6.45, 7) is 2.04. The predicted octanol–water partition coefficient (Wildman–Crippen LogP) is 4.97. The molecule has 5 nitrogen and oxygen atoms in total. The monoisotopic (exact) mass is 339 g/mol. The number of carbonyl (C=O) groups excluding carboxylic acids is 1. The van der Waals surface area contributed by atoms with E-state index < -0.39 is 0 Å². The fourth-order valence-electron chi connectivity index (χ4n) is 2.26. The van der Waals surface area contributed by atoms with Crippen LogP contribution < -0.4 is 0 Å². The quantitative estimate of drug-likeness (QED) is 0.508. The SMILES string of the molecule is Cc1ccc(SCCC(=O)N=Nc2c(O)[nH]c3ccccc23)cc1. The maximum atomic E-state index is 11.9. The van der Waals surface area contributed by atoms with Crippen LogP contribution >= 0.6 is 11.8 Å².